The molecule has 0 unspecified atom stereocenters. The third-order valence-electron chi connectivity index (χ3n) is 4.58. The van der Waals surface area contributed by atoms with E-state index in [4.69, 9.17) is 15.2 Å². The number of nitrogens with two attached hydrogens (primary N) is 1. The first-order valence-corrected chi connectivity index (χ1v) is 10.9. The average Bonchev–Trinajstić information content (AvgIpc) is 2.82. The Morgan fingerprint density at radius 1 is 0.879 bits per heavy atom. The summed E-state index contributed by atoms with van der Waals surface area (Å²) in [5, 5.41) is 5.53. The molecular formula is C24H23N3O5S. The Bertz CT molecular complexity index is 1160. The van der Waals surface area contributed by atoms with Gasteiger partial charge in [0, 0.05) is 10.6 Å². The van der Waals surface area contributed by atoms with Crippen molar-refractivity contribution in [2.45, 2.75) is 4.90 Å². The fourth-order valence-electron chi connectivity index (χ4n) is 3.07. The lowest BCUT2D eigenvalue weighted by Crippen LogP contribution is -2.19. The predicted octanol–water partition coefficient (Wildman–Crippen LogP) is 3.79. The zero-order valence-electron chi connectivity index (χ0n) is 18.1. The summed E-state index contributed by atoms with van der Waals surface area (Å²) in [6.07, 6.45) is 0. The summed E-state index contributed by atoms with van der Waals surface area (Å²) in [6.45, 7) is 0. The molecule has 33 heavy (non-hydrogen) atoms. The fourth-order valence-corrected chi connectivity index (χ4v) is 3.83. The van der Waals surface area contributed by atoms with Gasteiger partial charge in [0.05, 0.1) is 31.2 Å². The van der Waals surface area contributed by atoms with E-state index in [1.54, 1.807) is 60.7 Å². The van der Waals surface area contributed by atoms with Crippen molar-refractivity contribution in [2.24, 2.45) is 5.73 Å². The quantitative estimate of drug-likeness (QED) is 0.414. The topological polar surface area (TPSA) is 120 Å². The summed E-state index contributed by atoms with van der Waals surface area (Å²) in [4.78, 5) is 37.5. The number of hydrogen-bond donors (Lipinski definition) is 3. The van der Waals surface area contributed by atoms with Gasteiger partial charge in [0.15, 0.2) is 0 Å². The minimum atomic E-state index is -0.617. The highest BCUT2D eigenvalue weighted by atomic mass is 32.2. The number of primary amides is 1. The minimum absolute atomic E-state index is 0.102. The standard InChI is InChI=1S/C24H23N3O5S/c1-31-19-11-6-12-20(32-2)22(19)24(30)26-15-7-5-8-16(13-15)33-14-21(28)27-18-10-4-3-9-17(18)23(25)29/h3-13H,14H2,1-2H3,(H2,25,29)(H,26,30)(H,27,28). The van der Waals surface area contributed by atoms with E-state index in [0.29, 0.717) is 22.9 Å². The van der Waals surface area contributed by atoms with Crippen LogP contribution in [0.2, 0.25) is 0 Å². The summed E-state index contributed by atoms with van der Waals surface area (Å²) >= 11 is 1.29. The normalized spacial score (nSPS) is 10.2. The highest BCUT2D eigenvalue weighted by Gasteiger charge is 2.18. The number of benzene rings is 3. The first-order valence-electron chi connectivity index (χ1n) is 9.86. The molecule has 0 saturated carbocycles. The molecule has 3 amide bonds. The molecular weight excluding hydrogens is 442 g/mol. The van der Waals surface area contributed by atoms with Gasteiger partial charge in [0.1, 0.15) is 17.1 Å². The molecule has 9 heteroatoms. The molecule has 0 aromatic heterocycles. The van der Waals surface area contributed by atoms with Gasteiger partial charge in [0.2, 0.25) is 5.91 Å². The number of thioether (sulfide) groups is 1. The molecule has 3 aromatic rings. The van der Waals surface area contributed by atoms with Crippen LogP contribution in [0.5, 0.6) is 11.5 Å². The van der Waals surface area contributed by atoms with Gasteiger partial charge >= 0.3 is 0 Å². The number of nitrogens with one attached hydrogen (secondary N) is 2. The third kappa shape index (κ3) is 6.05. The van der Waals surface area contributed by atoms with Crippen LogP contribution >= 0.6 is 11.8 Å². The SMILES string of the molecule is COc1cccc(OC)c1C(=O)Nc1cccc(SCC(=O)Nc2ccccc2C(N)=O)c1. The lowest BCUT2D eigenvalue weighted by Gasteiger charge is -2.13. The van der Waals surface area contributed by atoms with E-state index in [1.807, 2.05) is 6.07 Å². The van der Waals surface area contributed by atoms with Crippen molar-refractivity contribution in [3.8, 4) is 11.5 Å². The molecule has 0 atom stereocenters. The summed E-state index contributed by atoms with van der Waals surface area (Å²) in [7, 11) is 2.96. The van der Waals surface area contributed by atoms with Gasteiger partial charge in [-0.25, -0.2) is 0 Å². The molecule has 3 aromatic carbocycles. The Morgan fingerprint density at radius 3 is 2.21 bits per heavy atom. The van der Waals surface area contributed by atoms with Crippen molar-refractivity contribution in [2.75, 3.05) is 30.6 Å². The average molecular weight is 466 g/mol. The van der Waals surface area contributed by atoms with Crippen molar-refractivity contribution in [3.05, 3.63) is 77.9 Å². The van der Waals surface area contributed by atoms with E-state index in [9.17, 15) is 14.4 Å². The second kappa shape index (κ2) is 11.1. The van der Waals surface area contributed by atoms with Gasteiger partial charge in [0.25, 0.3) is 11.8 Å². The van der Waals surface area contributed by atoms with E-state index in [-0.39, 0.29) is 28.7 Å². The highest BCUT2D eigenvalue weighted by Crippen LogP contribution is 2.30. The van der Waals surface area contributed by atoms with E-state index in [0.717, 1.165) is 4.90 Å². The molecule has 8 nitrogen and oxygen atoms in total. The van der Waals surface area contributed by atoms with Crippen LogP contribution in [-0.4, -0.2) is 37.7 Å². The van der Waals surface area contributed by atoms with E-state index >= 15 is 0 Å². The largest absolute Gasteiger partial charge is 0.496 e. The lowest BCUT2D eigenvalue weighted by atomic mass is 10.1. The van der Waals surface area contributed by atoms with Gasteiger partial charge < -0.3 is 25.8 Å². The van der Waals surface area contributed by atoms with Crippen molar-refractivity contribution in [3.63, 3.8) is 0 Å². The van der Waals surface area contributed by atoms with Crippen LogP contribution in [0.15, 0.2) is 71.6 Å². The fraction of sp³-hybridized carbons (Fsp3) is 0.125. The van der Waals surface area contributed by atoms with Gasteiger partial charge in [-0.15, -0.1) is 11.8 Å². The number of hydrogen-bond acceptors (Lipinski definition) is 6. The molecule has 0 fully saturated rings. The van der Waals surface area contributed by atoms with E-state index in [1.165, 1.54) is 26.0 Å². The summed E-state index contributed by atoms with van der Waals surface area (Å²) < 4.78 is 10.6. The first-order chi connectivity index (χ1) is 15.9. The Kier molecular flexibility index (Phi) is 7.93. The number of anilines is 2. The number of rotatable bonds is 9. The van der Waals surface area contributed by atoms with Crippen LogP contribution in [0.1, 0.15) is 20.7 Å². The number of carbonyl (C=O) groups is 3. The van der Waals surface area contributed by atoms with Gasteiger partial charge in [-0.1, -0.05) is 24.3 Å². The number of para-hydroxylation sites is 1. The van der Waals surface area contributed by atoms with Gasteiger partial charge in [-0.2, -0.15) is 0 Å². The van der Waals surface area contributed by atoms with Crippen LogP contribution in [0.3, 0.4) is 0 Å². The second-order valence-corrected chi connectivity index (χ2v) is 7.81. The van der Waals surface area contributed by atoms with Gasteiger partial charge in [-0.05, 0) is 42.5 Å². The minimum Gasteiger partial charge on any atom is -0.496 e. The number of ether oxygens (including phenoxy) is 2. The predicted molar refractivity (Wildman–Crippen MR) is 128 cm³/mol. The molecule has 170 valence electrons. The maximum atomic E-state index is 12.9. The van der Waals surface area contributed by atoms with Crippen LogP contribution in [0.4, 0.5) is 11.4 Å². The zero-order valence-corrected chi connectivity index (χ0v) is 18.9. The molecule has 3 rings (SSSR count). The summed E-state index contributed by atoms with van der Waals surface area (Å²) in [6, 6.07) is 18.7. The highest BCUT2D eigenvalue weighted by molar-refractivity contribution is 8.00. The second-order valence-electron chi connectivity index (χ2n) is 6.77. The lowest BCUT2D eigenvalue weighted by molar-refractivity contribution is -0.113. The van der Waals surface area contributed by atoms with E-state index < -0.39 is 5.91 Å². The molecule has 0 heterocycles. The number of methoxy groups -OCH3 is 2. The van der Waals surface area contributed by atoms with Crippen LogP contribution in [-0.2, 0) is 4.79 Å². The molecule has 0 aliphatic rings. The van der Waals surface area contributed by atoms with Crippen LogP contribution < -0.4 is 25.8 Å². The maximum absolute atomic E-state index is 12.9. The van der Waals surface area contributed by atoms with Crippen molar-refractivity contribution in [1.29, 1.82) is 0 Å². The first kappa shape index (κ1) is 23.7. The molecule has 0 bridgehead atoms. The monoisotopic (exact) mass is 465 g/mol. The van der Waals surface area contributed by atoms with Crippen molar-refractivity contribution < 1.29 is 23.9 Å². The van der Waals surface area contributed by atoms with Crippen LogP contribution in [0, 0.1) is 0 Å². The van der Waals surface area contributed by atoms with E-state index in [2.05, 4.69) is 10.6 Å². The maximum Gasteiger partial charge on any atom is 0.263 e. The Hall–Kier alpha value is -3.98. The molecule has 0 aliphatic heterocycles. The Labute approximate surface area is 195 Å². The molecule has 0 saturated heterocycles. The molecule has 4 N–H and O–H groups in total. The van der Waals surface area contributed by atoms with Crippen molar-refractivity contribution in [1.82, 2.24) is 0 Å². The smallest absolute Gasteiger partial charge is 0.263 e. The molecule has 0 aliphatic carbocycles. The molecule has 0 spiro atoms. The van der Waals surface area contributed by atoms with Crippen LogP contribution in [0.25, 0.3) is 0 Å². The van der Waals surface area contributed by atoms with Crippen molar-refractivity contribution >= 4 is 40.9 Å². The summed E-state index contributed by atoms with van der Waals surface area (Å²) in [5.41, 5.74) is 6.79. The number of amides is 3. The Morgan fingerprint density at radius 2 is 1.55 bits per heavy atom. The Balaban J connectivity index is 1.66. The summed E-state index contributed by atoms with van der Waals surface area (Å²) in [5.74, 6) is -0.399. The third-order valence-corrected chi connectivity index (χ3v) is 5.58. The number of carbonyl (C=O) groups excluding carboxylic acids is 3. The zero-order chi connectivity index (χ0) is 23.8. The van der Waals surface area contributed by atoms with Gasteiger partial charge in [-0.3, -0.25) is 14.4 Å². The molecule has 0 radical (unpaired) electrons.